The summed E-state index contributed by atoms with van der Waals surface area (Å²) in [6.45, 7) is -0.271. The summed E-state index contributed by atoms with van der Waals surface area (Å²) in [5.74, 6) is 3.79. The van der Waals surface area contributed by atoms with E-state index in [1.807, 2.05) is 5.32 Å². The highest BCUT2D eigenvalue weighted by molar-refractivity contribution is 5.82. The highest BCUT2D eigenvalue weighted by Gasteiger charge is 2.38. The van der Waals surface area contributed by atoms with Gasteiger partial charge in [0.25, 0.3) is 0 Å². The van der Waals surface area contributed by atoms with Crippen molar-refractivity contribution in [3.05, 3.63) is 59.7 Å². The predicted octanol–water partition coefficient (Wildman–Crippen LogP) is 2.54. The van der Waals surface area contributed by atoms with E-state index in [1.54, 1.807) is 36.5 Å². The van der Waals surface area contributed by atoms with Gasteiger partial charge in [-0.05, 0) is 23.6 Å². The molecule has 0 aliphatic rings. The second kappa shape index (κ2) is 6.65. The lowest BCUT2D eigenvalue weighted by Gasteiger charge is -2.09. The lowest BCUT2D eigenvalue weighted by Crippen LogP contribution is -2.36. The molecule has 2 heterocycles. The first-order valence-electron chi connectivity index (χ1n) is 7.18. The van der Waals surface area contributed by atoms with Gasteiger partial charge >= 0.3 is 12.1 Å². The van der Waals surface area contributed by atoms with Crippen LogP contribution >= 0.6 is 0 Å². The molecule has 3 aromatic rings. The molecule has 126 valence electrons. The number of fused-ring (bicyclic) bond motifs is 1. The number of nitrogens with one attached hydrogen (secondary N) is 2. The Morgan fingerprint density at radius 3 is 2.76 bits per heavy atom. The van der Waals surface area contributed by atoms with E-state index in [9.17, 15) is 18.0 Å². The van der Waals surface area contributed by atoms with Crippen molar-refractivity contribution in [1.29, 1.82) is 0 Å². The molecule has 0 unspecified atom stereocenters. The minimum Gasteiger partial charge on any atom is -0.346 e. The number of nitrogens with zero attached hydrogens (tertiary/aromatic N) is 2. The Morgan fingerprint density at radius 2 is 1.96 bits per heavy atom. The van der Waals surface area contributed by atoms with Crippen LogP contribution in [-0.2, 0) is 11.3 Å². The fourth-order valence-electron chi connectivity index (χ4n) is 2.17. The van der Waals surface area contributed by atoms with Gasteiger partial charge in [-0.15, -0.1) is 0 Å². The summed E-state index contributed by atoms with van der Waals surface area (Å²) in [4.78, 5) is 22.1. The third-order valence-electron chi connectivity index (χ3n) is 3.38. The van der Waals surface area contributed by atoms with Gasteiger partial charge in [-0.2, -0.15) is 13.2 Å². The van der Waals surface area contributed by atoms with E-state index in [1.165, 1.54) is 6.33 Å². The molecule has 8 heteroatoms. The Hall–Kier alpha value is -3.34. The van der Waals surface area contributed by atoms with Gasteiger partial charge in [0.15, 0.2) is 0 Å². The molecule has 0 saturated heterocycles. The molecule has 5 nitrogen and oxygen atoms in total. The van der Waals surface area contributed by atoms with Crippen LogP contribution < -0.4 is 5.32 Å². The third kappa shape index (κ3) is 3.77. The fraction of sp³-hybridized carbons (Fsp3) is 0.118. The number of hydrogen-bond donors (Lipinski definition) is 2. The van der Waals surface area contributed by atoms with Crippen molar-refractivity contribution in [3.63, 3.8) is 0 Å². The molecule has 2 N–H and O–H groups in total. The number of aromatic amines is 1. The first-order valence-corrected chi connectivity index (χ1v) is 7.18. The van der Waals surface area contributed by atoms with E-state index in [0.717, 1.165) is 5.39 Å². The first kappa shape index (κ1) is 16.5. The van der Waals surface area contributed by atoms with E-state index < -0.39 is 12.1 Å². The van der Waals surface area contributed by atoms with Gasteiger partial charge < -0.3 is 10.3 Å². The average molecular weight is 344 g/mol. The molecule has 0 spiro atoms. The zero-order chi connectivity index (χ0) is 17.9. The van der Waals surface area contributed by atoms with Crippen LogP contribution in [-0.4, -0.2) is 27.0 Å². The minimum absolute atomic E-state index is 0.271. The van der Waals surface area contributed by atoms with Crippen molar-refractivity contribution in [2.24, 2.45) is 0 Å². The third-order valence-corrected chi connectivity index (χ3v) is 3.38. The number of rotatable bonds is 2. The molecule has 25 heavy (non-hydrogen) atoms. The largest absolute Gasteiger partial charge is 0.471 e. The monoisotopic (exact) mass is 344 g/mol. The SMILES string of the molecule is O=C(NCc1ccccc1C#Cc1ncnc2[nH]ccc12)C(F)(F)F. The summed E-state index contributed by atoms with van der Waals surface area (Å²) < 4.78 is 36.8. The van der Waals surface area contributed by atoms with E-state index in [2.05, 4.69) is 26.8 Å². The molecule has 1 amide bonds. The molecule has 0 atom stereocenters. The van der Waals surface area contributed by atoms with Crippen molar-refractivity contribution in [2.75, 3.05) is 0 Å². The Kier molecular flexibility index (Phi) is 4.39. The zero-order valence-corrected chi connectivity index (χ0v) is 12.7. The Labute approximate surface area is 140 Å². The number of amides is 1. The molecule has 0 aliphatic carbocycles. The maximum Gasteiger partial charge on any atom is 0.471 e. The van der Waals surface area contributed by atoms with E-state index in [-0.39, 0.29) is 6.54 Å². The minimum atomic E-state index is -4.92. The maximum absolute atomic E-state index is 12.3. The topological polar surface area (TPSA) is 70.7 Å². The van der Waals surface area contributed by atoms with Crippen molar-refractivity contribution in [3.8, 4) is 11.8 Å². The van der Waals surface area contributed by atoms with Crippen molar-refractivity contribution in [1.82, 2.24) is 20.3 Å². The molecule has 3 rings (SSSR count). The number of H-pyrrole nitrogens is 1. The number of hydrogen-bond acceptors (Lipinski definition) is 3. The number of alkyl halides is 3. The van der Waals surface area contributed by atoms with Gasteiger partial charge in [0.05, 0.1) is 5.39 Å². The summed E-state index contributed by atoms with van der Waals surface area (Å²) in [6.07, 6.45) is -1.83. The van der Waals surface area contributed by atoms with Crippen LogP contribution in [0.15, 0.2) is 42.9 Å². The molecule has 0 aliphatic heterocycles. The molecule has 0 saturated carbocycles. The van der Waals surface area contributed by atoms with Gasteiger partial charge in [0, 0.05) is 18.3 Å². The number of halogens is 3. The smallest absolute Gasteiger partial charge is 0.346 e. The molecule has 0 bridgehead atoms. The standard InChI is InChI=1S/C17H11F3N4O/c18-17(19,20)16(25)22-9-12-4-2-1-3-11(12)5-6-14-13-7-8-21-15(13)24-10-23-14/h1-4,7-8,10H,9H2,(H,22,25)(H,21,23,24). The molecule has 1 aromatic carbocycles. The van der Waals surface area contributed by atoms with Gasteiger partial charge in [-0.1, -0.05) is 24.1 Å². The molecule has 0 fully saturated rings. The lowest BCUT2D eigenvalue weighted by atomic mass is 10.1. The number of carbonyl (C=O) groups is 1. The van der Waals surface area contributed by atoms with Crippen LogP contribution in [0.25, 0.3) is 11.0 Å². The quantitative estimate of drug-likeness (QED) is 0.702. The second-order valence-electron chi connectivity index (χ2n) is 5.05. The van der Waals surface area contributed by atoms with Crippen LogP contribution in [0.4, 0.5) is 13.2 Å². The van der Waals surface area contributed by atoms with Crippen molar-refractivity contribution >= 4 is 16.9 Å². The molecule has 0 radical (unpaired) electrons. The summed E-state index contributed by atoms with van der Waals surface area (Å²) >= 11 is 0. The van der Waals surface area contributed by atoms with Crippen LogP contribution in [0.3, 0.4) is 0 Å². The molecule has 2 aromatic heterocycles. The zero-order valence-electron chi connectivity index (χ0n) is 12.7. The number of carbonyl (C=O) groups excluding carboxylic acids is 1. The van der Waals surface area contributed by atoms with E-state index >= 15 is 0 Å². The molecular weight excluding hydrogens is 333 g/mol. The van der Waals surface area contributed by atoms with Gasteiger partial charge in [-0.25, -0.2) is 9.97 Å². The summed E-state index contributed by atoms with van der Waals surface area (Å²) in [5, 5.41) is 2.59. The number of aromatic nitrogens is 3. The highest BCUT2D eigenvalue weighted by atomic mass is 19.4. The maximum atomic E-state index is 12.3. The van der Waals surface area contributed by atoms with Crippen molar-refractivity contribution < 1.29 is 18.0 Å². The van der Waals surface area contributed by atoms with Crippen molar-refractivity contribution in [2.45, 2.75) is 12.7 Å². The normalized spacial score (nSPS) is 11.0. The predicted molar refractivity (Wildman–Crippen MR) is 84.2 cm³/mol. The number of benzene rings is 1. The van der Waals surface area contributed by atoms with Crippen LogP contribution in [0, 0.1) is 11.8 Å². The van der Waals surface area contributed by atoms with Crippen LogP contribution in [0.1, 0.15) is 16.8 Å². The Balaban J connectivity index is 1.85. The average Bonchev–Trinajstić information content (AvgIpc) is 3.07. The van der Waals surface area contributed by atoms with E-state index in [0.29, 0.717) is 22.5 Å². The second-order valence-corrected chi connectivity index (χ2v) is 5.05. The lowest BCUT2D eigenvalue weighted by molar-refractivity contribution is -0.173. The van der Waals surface area contributed by atoms with E-state index in [4.69, 9.17) is 0 Å². The summed E-state index contributed by atoms with van der Waals surface area (Å²) in [6, 6.07) is 8.43. The van der Waals surface area contributed by atoms with Crippen LogP contribution in [0.5, 0.6) is 0 Å². The highest BCUT2D eigenvalue weighted by Crippen LogP contribution is 2.16. The first-order chi connectivity index (χ1) is 11.9. The molecular formula is C17H11F3N4O. The van der Waals surface area contributed by atoms with Gasteiger partial charge in [0.1, 0.15) is 17.7 Å². The summed E-state index contributed by atoms with van der Waals surface area (Å²) in [5.41, 5.74) is 2.13. The van der Waals surface area contributed by atoms with Crippen LogP contribution in [0.2, 0.25) is 0 Å². The van der Waals surface area contributed by atoms with Gasteiger partial charge in [-0.3, -0.25) is 4.79 Å². The fourth-order valence-corrected chi connectivity index (χ4v) is 2.17. The Bertz CT molecular complexity index is 982. The van der Waals surface area contributed by atoms with Gasteiger partial charge in [0.2, 0.25) is 0 Å². The Morgan fingerprint density at radius 1 is 1.16 bits per heavy atom. The summed E-state index contributed by atoms with van der Waals surface area (Å²) in [7, 11) is 0.